The van der Waals surface area contributed by atoms with Crippen molar-refractivity contribution in [3.8, 4) is 16.9 Å². The molecule has 0 bridgehead atoms. The van der Waals surface area contributed by atoms with Gasteiger partial charge in [0.1, 0.15) is 5.75 Å². The average molecular weight is 464 g/mol. The Labute approximate surface area is 171 Å². The Morgan fingerprint density at radius 2 is 1.69 bits per heavy atom. The molecule has 3 rings (SSSR count). The number of phenols is 1. The van der Waals surface area contributed by atoms with Gasteiger partial charge in [-0.1, -0.05) is 44.2 Å². The maximum Gasteiger partial charge on any atom is 0.133 e. The van der Waals surface area contributed by atoms with E-state index in [1.807, 2.05) is 6.07 Å². The maximum atomic E-state index is 10.6. The number of likely N-dealkylation sites (tertiary alicyclic amines) is 1. The minimum absolute atomic E-state index is 0.441. The third-order valence-corrected chi connectivity index (χ3v) is 6.35. The van der Waals surface area contributed by atoms with E-state index < -0.39 is 0 Å². The third-order valence-electron chi connectivity index (χ3n) is 5.53. The molecule has 1 heterocycles. The zero-order valence-corrected chi connectivity index (χ0v) is 17.9. The first-order valence-electron chi connectivity index (χ1n) is 9.65. The van der Waals surface area contributed by atoms with Gasteiger partial charge >= 0.3 is 0 Å². The summed E-state index contributed by atoms with van der Waals surface area (Å²) in [7, 11) is 0. The van der Waals surface area contributed by atoms with Crippen LogP contribution in [0.25, 0.3) is 11.1 Å². The normalized spacial score (nSPS) is 16.3. The number of hydrogen-bond donors (Lipinski definition) is 1. The number of hydrogen-bond acceptors (Lipinski definition) is 3. The van der Waals surface area contributed by atoms with Gasteiger partial charge in [-0.25, -0.2) is 0 Å². The summed E-state index contributed by atoms with van der Waals surface area (Å²) in [5, 5.41) is 10.6. The van der Waals surface area contributed by atoms with Gasteiger partial charge in [0.25, 0.3) is 0 Å². The molecule has 1 aliphatic rings. The SMILES string of the molecule is CCN(CC)C1CCN(Cc2cc(-c3ccccc3)cc(I)c2O)CC1. The van der Waals surface area contributed by atoms with Crippen molar-refractivity contribution in [2.24, 2.45) is 0 Å². The van der Waals surface area contributed by atoms with Crippen LogP contribution in [0, 0.1) is 3.57 Å². The molecule has 1 saturated heterocycles. The van der Waals surface area contributed by atoms with Crippen molar-refractivity contribution in [2.75, 3.05) is 26.2 Å². The molecule has 3 nitrogen and oxygen atoms in total. The molecule has 4 heteroatoms. The predicted molar refractivity (Wildman–Crippen MR) is 117 cm³/mol. The molecule has 26 heavy (non-hydrogen) atoms. The van der Waals surface area contributed by atoms with Gasteiger partial charge in [0.15, 0.2) is 0 Å². The number of nitrogens with zero attached hydrogens (tertiary/aromatic N) is 2. The summed E-state index contributed by atoms with van der Waals surface area (Å²) in [6, 6.07) is 15.4. The second-order valence-electron chi connectivity index (χ2n) is 7.06. The molecular weight excluding hydrogens is 435 g/mol. The van der Waals surface area contributed by atoms with E-state index in [0.717, 1.165) is 41.9 Å². The van der Waals surface area contributed by atoms with Crippen molar-refractivity contribution < 1.29 is 5.11 Å². The molecular formula is C22H29IN2O. The topological polar surface area (TPSA) is 26.7 Å². The molecule has 1 fully saturated rings. The largest absolute Gasteiger partial charge is 0.507 e. The Morgan fingerprint density at radius 1 is 1.04 bits per heavy atom. The smallest absolute Gasteiger partial charge is 0.133 e. The number of aromatic hydroxyl groups is 1. The van der Waals surface area contributed by atoms with Crippen LogP contribution in [0.3, 0.4) is 0 Å². The Balaban J connectivity index is 1.71. The van der Waals surface area contributed by atoms with Gasteiger partial charge in [-0.2, -0.15) is 0 Å². The highest BCUT2D eigenvalue weighted by molar-refractivity contribution is 14.1. The molecule has 0 radical (unpaired) electrons. The molecule has 2 aromatic rings. The van der Waals surface area contributed by atoms with Crippen LogP contribution in [0.2, 0.25) is 0 Å². The average Bonchev–Trinajstić information content (AvgIpc) is 2.68. The molecule has 0 unspecified atom stereocenters. The van der Waals surface area contributed by atoms with Crippen LogP contribution >= 0.6 is 22.6 Å². The molecule has 0 saturated carbocycles. The van der Waals surface area contributed by atoms with Crippen LogP contribution in [-0.2, 0) is 6.54 Å². The van der Waals surface area contributed by atoms with Crippen molar-refractivity contribution >= 4 is 22.6 Å². The zero-order valence-electron chi connectivity index (χ0n) is 15.8. The van der Waals surface area contributed by atoms with E-state index in [-0.39, 0.29) is 0 Å². The maximum absolute atomic E-state index is 10.6. The molecule has 140 valence electrons. The van der Waals surface area contributed by atoms with E-state index in [9.17, 15) is 5.11 Å². The van der Waals surface area contributed by atoms with Gasteiger partial charge in [0.2, 0.25) is 0 Å². The zero-order chi connectivity index (χ0) is 18.5. The molecule has 0 atom stereocenters. The van der Waals surface area contributed by atoms with E-state index in [2.05, 4.69) is 82.6 Å². The Bertz CT molecular complexity index is 708. The second kappa shape index (κ2) is 9.20. The first kappa shape index (κ1) is 19.6. The standard InChI is InChI=1S/C22H29IN2O/c1-3-25(4-2)20-10-12-24(13-11-20)16-19-14-18(15-21(23)22(19)26)17-8-6-5-7-9-17/h5-9,14-15,20,26H,3-4,10-13,16H2,1-2H3. The summed E-state index contributed by atoms with van der Waals surface area (Å²) in [6.07, 6.45) is 2.44. The summed E-state index contributed by atoms with van der Waals surface area (Å²) < 4.78 is 0.928. The fourth-order valence-corrected chi connectivity index (χ4v) is 4.68. The first-order valence-corrected chi connectivity index (χ1v) is 10.7. The first-order chi connectivity index (χ1) is 12.6. The summed E-state index contributed by atoms with van der Waals surface area (Å²) in [5.74, 6) is 0.441. The van der Waals surface area contributed by atoms with Crippen LogP contribution in [0.1, 0.15) is 32.3 Å². The molecule has 0 spiro atoms. The summed E-state index contributed by atoms with van der Waals surface area (Å²) in [6.45, 7) is 9.82. The Morgan fingerprint density at radius 3 is 2.31 bits per heavy atom. The number of rotatable bonds is 6. The van der Waals surface area contributed by atoms with Crippen LogP contribution < -0.4 is 0 Å². The van der Waals surface area contributed by atoms with E-state index in [1.54, 1.807) is 0 Å². The van der Waals surface area contributed by atoms with Gasteiger partial charge in [-0.3, -0.25) is 4.90 Å². The van der Waals surface area contributed by atoms with Gasteiger partial charge < -0.3 is 10.0 Å². The summed E-state index contributed by atoms with van der Waals surface area (Å²) in [4.78, 5) is 5.06. The lowest BCUT2D eigenvalue weighted by Crippen LogP contribution is -2.44. The number of piperidine rings is 1. The Hall–Kier alpha value is -1.11. The van der Waals surface area contributed by atoms with Crippen LogP contribution in [-0.4, -0.2) is 47.1 Å². The van der Waals surface area contributed by atoms with Gasteiger partial charge in [0, 0.05) is 18.2 Å². The van der Waals surface area contributed by atoms with Gasteiger partial charge in [0.05, 0.1) is 3.57 Å². The predicted octanol–water partition coefficient (Wildman–Crippen LogP) is 4.97. The molecule has 2 aromatic carbocycles. The lowest BCUT2D eigenvalue weighted by atomic mass is 10.00. The van der Waals surface area contributed by atoms with Crippen molar-refractivity contribution in [3.63, 3.8) is 0 Å². The van der Waals surface area contributed by atoms with Crippen molar-refractivity contribution in [1.82, 2.24) is 9.80 Å². The van der Waals surface area contributed by atoms with Crippen LogP contribution in [0.4, 0.5) is 0 Å². The minimum atomic E-state index is 0.441. The highest BCUT2D eigenvalue weighted by atomic mass is 127. The highest BCUT2D eigenvalue weighted by Gasteiger charge is 2.23. The number of halogens is 1. The van der Waals surface area contributed by atoms with Crippen molar-refractivity contribution in [3.05, 3.63) is 51.6 Å². The second-order valence-corrected chi connectivity index (χ2v) is 8.22. The lowest BCUT2D eigenvalue weighted by Gasteiger charge is -2.37. The quantitative estimate of drug-likeness (QED) is 0.612. The fourth-order valence-electron chi connectivity index (χ4n) is 4.00. The summed E-state index contributed by atoms with van der Waals surface area (Å²) >= 11 is 2.24. The summed E-state index contributed by atoms with van der Waals surface area (Å²) in [5.41, 5.74) is 3.42. The van der Waals surface area contributed by atoms with Crippen LogP contribution in [0.15, 0.2) is 42.5 Å². The Kier molecular flexibility index (Phi) is 6.95. The molecule has 1 aliphatic heterocycles. The van der Waals surface area contributed by atoms with E-state index in [0.29, 0.717) is 11.8 Å². The highest BCUT2D eigenvalue weighted by Crippen LogP contribution is 2.32. The number of phenolic OH excluding ortho intramolecular Hbond substituents is 1. The third kappa shape index (κ3) is 4.59. The molecule has 0 aliphatic carbocycles. The number of benzene rings is 2. The van der Waals surface area contributed by atoms with Gasteiger partial charge in [-0.05, 0) is 84.9 Å². The lowest BCUT2D eigenvalue weighted by molar-refractivity contribution is 0.112. The van der Waals surface area contributed by atoms with E-state index in [4.69, 9.17) is 0 Å². The van der Waals surface area contributed by atoms with Gasteiger partial charge in [-0.15, -0.1) is 0 Å². The van der Waals surface area contributed by atoms with Crippen molar-refractivity contribution in [2.45, 2.75) is 39.3 Å². The van der Waals surface area contributed by atoms with Crippen molar-refractivity contribution in [1.29, 1.82) is 0 Å². The van der Waals surface area contributed by atoms with Crippen LogP contribution in [0.5, 0.6) is 5.75 Å². The monoisotopic (exact) mass is 464 g/mol. The fraction of sp³-hybridized carbons (Fsp3) is 0.455. The molecule has 0 amide bonds. The minimum Gasteiger partial charge on any atom is -0.507 e. The molecule has 1 N–H and O–H groups in total. The molecule has 0 aromatic heterocycles. The van der Waals surface area contributed by atoms with E-state index >= 15 is 0 Å². The van der Waals surface area contributed by atoms with E-state index in [1.165, 1.54) is 24.0 Å².